The number of benzene rings is 10. The summed E-state index contributed by atoms with van der Waals surface area (Å²) in [6, 6.07) is 82.5. The van der Waals surface area contributed by atoms with E-state index in [1.807, 2.05) is 0 Å². The molecule has 1 aromatic heterocycles. The van der Waals surface area contributed by atoms with E-state index in [0.717, 1.165) is 67.2 Å². The first-order valence-electron chi connectivity index (χ1n) is 24.3. The summed E-state index contributed by atoms with van der Waals surface area (Å²) in [6.45, 7) is 0. The van der Waals surface area contributed by atoms with E-state index >= 15 is 0 Å². The van der Waals surface area contributed by atoms with Crippen molar-refractivity contribution in [2.45, 2.75) is 17.3 Å². The van der Waals surface area contributed by atoms with Crippen molar-refractivity contribution in [1.29, 1.82) is 0 Å². The van der Waals surface area contributed by atoms with Gasteiger partial charge < -0.3 is 14.1 Å². The van der Waals surface area contributed by atoms with Crippen LogP contribution in [0.5, 0.6) is 11.5 Å². The first-order chi connectivity index (χ1) is 34.7. The Kier molecular flexibility index (Phi) is 8.40. The summed E-state index contributed by atoms with van der Waals surface area (Å²) in [6.07, 6.45) is 9.03. The number of fused-ring (bicyclic) bond motifs is 20. The van der Waals surface area contributed by atoms with Crippen molar-refractivity contribution in [1.82, 2.24) is 0 Å². The molecule has 1 aliphatic heterocycles. The standard InChI is InChI=1S/C67H43NO2/c1-2-19-42(20-3-1)44-21-10-15-33-61(44)68(62-34-18-30-53-47-24-6-5-23-46(47)51-28-11-17-36-64(51)70-66(53)62)43-37-38-59-54(39-43)48-25-7-4-22-45(48)49-26-8-13-31-57(49)67(59)58-32-14-9-27-50(58)55-41-65-56(40-60(55)67)52-29-12-16-35-63(52)69-65/h1-41,46-47H. The first kappa shape index (κ1) is 39.1. The summed E-state index contributed by atoms with van der Waals surface area (Å²) in [5, 5.41) is 2.25. The molecule has 0 N–H and O–H groups in total. The normalized spacial score (nSPS) is 17.5. The van der Waals surface area contributed by atoms with Crippen LogP contribution >= 0.6 is 0 Å². The Bertz CT molecular complexity index is 4020. The summed E-state index contributed by atoms with van der Waals surface area (Å²) in [7, 11) is 0. The average Bonchev–Trinajstić information content (AvgIpc) is 3.84. The van der Waals surface area contributed by atoms with Crippen molar-refractivity contribution < 1.29 is 9.15 Å². The van der Waals surface area contributed by atoms with Gasteiger partial charge in [-0.2, -0.15) is 0 Å². The third-order valence-corrected chi connectivity index (χ3v) is 15.5. The van der Waals surface area contributed by atoms with Crippen molar-refractivity contribution in [3.63, 3.8) is 0 Å². The molecule has 2 heterocycles. The lowest BCUT2D eigenvalue weighted by atomic mass is 9.65. The molecule has 0 radical (unpaired) electrons. The number of nitrogens with zero attached hydrogens (tertiary/aromatic N) is 1. The molecule has 3 nitrogen and oxygen atoms in total. The molecule has 1 spiro atoms. The van der Waals surface area contributed by atoms with E-state index < -0.39 is 5.41 Å². The minimum atomic E-state index is -0.679. The molecule has 0 fully saturated rings. The second kappa shape index (κ2) is 15.0. The highest BCUT2D eigenvalue weighted by Crippen LogP contribution is 2.63. The van der Waals surface area contributed by atoms with Crippen LogP contribution in [0.4, 0.5) is 17.1 Å². The lowest BCUT2D eigenvalue weighted by molar-refractivity contribution is 0.479. The van der Waals surface area contributed by atoms with Gasteiger partial charge in [-0.05, 0) is 110 Å². The molecule has 0 amide bonds. The predicted octanol–water partition coefficient (Wildman–Crippen LogP) is 17.8. The zero-order valence-corrected chi connectivity index (χ0v) is 38.1. The summed E-state index contributed by atoms with van der Waals surface area (Å²) in [5.74, 6) is 1.98. The highest BCUT2D eigenvalue weighted by molar-refractivity contribution is 6.09. The molecule has 15 rings (SSSR count). The fourth-order valence-corrected chi connectivity index (χ4v) is 12.6. The van der Waals surface area contributed by atoms with Gasteiger partial charge in [-0.3, -0.25) is 0 Å². The molecule has 328 valence electrons. The Labute approximate surface area is 406 Å². The smallest absolute Gasteiger partial charge is 0.155 e. The van der Waals surface area contributed by atoms with Crippen LogP contribution in [0.2, 0.25) is 0 Å². The molecule has 70 heavy (non-hydrogen) atoms. The number of anilines is 3. The van der Waals surface area contributed by atoms with Gasteiger partial charge in [-0.1, -0.05) is 200 Å². The van der Waals surface area contributed by atoms with E-state index in [2.05, 4.69) is 254 Å². The van der Waals surface area contributed by atoms with Gasteiger partial charge in [0.05, 0.1) is 16.8 Å². The molecule has 4 aliphatic rings. The molecule has 3 heteroatoms. The largest absolute Gasteiger partial charge is 0.456 e. The van der Waals surface area contributed by atoms with Gasteiger partial charge in [0.1, 0.15) is 16.9 Å². The lowest BCUT2D eigenvalue weighted by Gasteiger charge is -2.36. The Balaban J connectivity index is 1.05. The third-order valence-electron chi connectivity index (χ3n) is 15.5. The van der Waals surface area contributed by atoms with Crippen LogP contribution in [0.1, 0.15) is 45.2 Å². The quantitative estimate of drug-likeness (QED) is 0.176. The summed E-state index contributed by atoms with van der Waals surface area (Å²) < 4.78 is 13.9. The van der Waals surface area contributed by atoms with Gasteiger partial charge in [-0.25, -0.2) is 0 Å². The number of hydrogen-bond acceptors (Lipinski definition) is 3. The minimum Gasteiger partial charge on any atom is -0.456 e. The van der Waals surface area contributed by atoms with Crippen LogP contribution in [0.15, 0.2) is 253 Å². The topological polar surface area (TPSA) is 25.6 Å². The summed E-state index contributed by atoms with van der Waals surface area (Å²) in [4.78, 5) is 2.46. The van der Waals surface area contributed by atoms with E-state index in [1.54, 1.807) is 0 Å². The van der Waals surface area contributed by atoms with Crippen molar-refractivity contribution in [2.24, 2.45) is 0 Å². The first-order valence-corrected chi connectivity index (χ1v) is 24.3. The molecule has 0 saturated carbocycles. The van der Waals surface area contributed by atoms with Crippen LogP contribution in [-0.2, 0) is 5.41 Å². The van der Waals surface area contributed by atoms with Crippen molar-refractivity contribution in [3.8, 4) is 56.0 Å². The van der Waals surface area contributed by atoms with Crippen molar-refractivity contribution >= 4 is 39.0 Å². The third kappa shape index (κ3) is 5.46. The SMILES string of the molecule is C1=CC2c3ccccc3Oc3c(cccc3N(c3ccc4c(c3)-c3ccccc3-c3ccccc3C43c4ccccc4-c4cc5oc6ccccc6c5cc43)c3ccccc3-c3ccccc3)C2C=C1. The number of para-hydroxylation sites is 4. The summed E-state index contributed by atoms with van der Waals surface area (Å²) in [5.41, 5.74) is 21.1. The van der Waals surface area contributed by atoms with Gasteiger partial charge in [0.15, 0.2) is 5.75 Å². The zero-order valence-electron chi connectivity index (χ0n) is 38.1. The number of allylic oxidation sites excluding steroid dienone is 4. The van der Waals surface area contributed by atoms with Gasteiger partial charge in [-0.15, -0.1) is 0 Å². The molecule has 0 saturated heterocycles. The monoisotopic (exact) mass is 893 g/mol. The van der Waals surface area contributed by atoms with Crippen LogP contribution in [0.25, 0.3) is 66.4 Å². The molecule has 11 aromatic rings. The Hall–Kier alpha value is -8.92. The Morgan fingerprint density at radius 3 is 1.77 bits per heavy atom. The molecule has 3 unspecified atom stereocenters. The molecule has 10 aromatic carbocycles. The molecular formula is C67H43NO2. The van der Waals surface area contributed by atoms with Crippen molar-refractivity contribution in [2.75, 3.05) is 4.90 Å². The van der Waals surface area contributed by atoms with Gasteiger partial charge in [0.2, 0.25) is 0 Å². The van der Waals surface area contributed by atoms with E-state index in [4.69, 9.17) is 9.15 Å². The van der Waals surface area contributed by atoms with Gasteiger partial charge >= 0.3 is 0 Å². The number of ether oxygens (including phenoxy) is 1. The number of rotatable bonds is 4. The fourth-order valence-electron chi connectivity index (χ4n) is 12.6. The van der Waals surface area contributed by atoms with E-state index in [9.17, 15) is 0 Å². The van der Waals surface area contributed by atoms with E-state index in [-0.39, 0.29) is 11.8 Å². The molecule has 3 atom stereocenters. The van der Waals surface area contributed by atoms with Gasteiger partial charge in [0, 0.05) is 45.0 Å². The average molecular weight is 894 g/mol. The Morgan fingerprint density at radius 2 is 0.957 bits per heavy atom. The number of hydrogen-bond donors (Lipinski definition) is 0. The lowest BCUT2D eigenvalue weighted by Crippen LogP contribution is -2.29. The summed E-state index contributed by atoms with van der Waals surface area (Å²) >= 11 is 0. The second-order valence-corrected chi connectivity index (χ2v) is 19.0. The predicted molar refractivity (Wildman–Crippen MR) is 286 cm³/mol. The van der Waals surface area contributed by atoms with E-state index in [0.29, 0.717) is 0 Å². The highest BCUT2D eigenvalue weighted by atomic mass is 16.5. The molecule has 0 bridgehead atoms. The van der Waals surface area contributed by atoms with Crippen LogP contribution in [0, 0.1) is 0 Å². The maximum absolute atomic E-state index is 7.32. The van der Waals surface area contributed by atoms with Crippen LogP contribution in [0.3, 0.4) is 0 Å². The molecular weight excluding hydrogens is 851 g/mol. The maximum Gasteiger partial charge on any atom is 0.155 e. The van der Waals surface area contributed by atoms with Crippen LogP contribution < -0.4 is 9.64 Å². The second-order valence-electron chi connectivity index (χ2n) is 19.0. The van der Waals surface area contributed by atoms with E-state index in [1.165, 1.54) is 61.2 Å². The molecule has 3 aliphatic carbocycles. The highest BCUT2D eigenvalue weighted by Gasteiger charge is 2.50. The Morgan fingerprint density at radius 1 is 0.371 bits per heavy atom. The van der Waals surface area contributed by atoms with Gasteiger partial charge in [0.25, 0.3) is 0 Å². The number of furan rings is 1. The minimum absolute atomic E-state index is 0.0911. The van der Waals surface area contributed by atoms with Crippen molar-refractivity contribution in [3.05, 3.63) is 282 Å². The zero-order chi connectivity index (χ0) is 45.9. The maximum atomic E-state index is 7.32. The van der Waals surface area contributed by atoms with Crippen LogP contribution in [-0.4, -0.2) is 0 Å². The fraction of sp³-hybridized carbons (Fsp3) is 0.0448.